The fourth-order valence-corrected chi connectivity index (χ4v) is 2.42. The standard InChI is InChI=1S/C16H23N3O2/c1-3-8-17-12-4-6-14(11(2)9-12)16(21)19-13-5-7-15(20)18-10-13/h4,6,9,13,17H,3,5,7-8,10H2,1-2H3,(H,18,20)(H,19,21). The Kier molecular flexibility index (Phi) is 5.20. The lowest BCUT2D eigenvalue weighted by Crippen LogP contribution is -2.47. The number of rotatable bonds is 5. The molecule has 1 aromatic rings. The first kappa shape index (κ1) is 15.4. The molecule has 114 valence electrons. The van der Waals surface area contributed by atoms with Gasteiger partial charge in [0.2, 0.25) is 5.91 Å². The first-order chi connectivity index (χ1) is 10.1. The topological polar surface area (TPSA) is 70.2 Å². The van der Waals surface area contributed by atoms with Gasteiger partial charge in [0, 0.05) is 36.8 Å². The van der Waals surface area contributed by atoms with Crippen LogP contribution in [-0.4, -0.2) is 30.9 Å². The van der Waals surface area contributed by atoms with Crippen LogP contribution in [-0.2, 0) is 4.79 Å². The molecule has 1 aromatic carbocycles. The lowest BCUT2D eigenvalue weighted by atomic mass is 10.0. The Morgan fingerprint density at radius 2 is 2.24 bits per heavy atom. The molecule has 0 aliphatic carbocycles. The van der Waals surface area contributed by atoms with Gasteiger partial charge >= 0.3 is 0 Å². The second-order valence-electron chi connectivity index (χ2n) is 5.47. The average Bonchev–Trinajstić information content (AvgIpc) is 2.47. The number of hydrogen-bond acceptors (Lipinski definition) is 3. The number of anilines is 1. The van der Waals surface area contributed by atoms with Crippen LogP contribution < -0.4 is 16.0 Å². The van der Waals surface area contributed by atoms with E-state index < -0.39 is 0 Å². The molecule has 1 saturated heterocycles. The first-order valence-electron chi connectivity index (χ1n) is 7.52. The van der Waals surface area contributed by atoms with E-state index in [4.69, 9.17) is 0 Å². The maximum absolute atomic E-state index is 12.3. The van der Waals surface area contributed by atoms with E-state index in [9.17, 15) is 9.59 Å². The summed E-state index contributed by atoms with van der Waals surface area (Å²) in [6.07, 6.45) is 2.24. The molecule has 1 aliphatic rings. The van der Waals surface area contributed by atoms with Gasteiger partial charge in [-0.3, -0.25) is 9.59 Å². The number of amides is 2. The SMILES string of the molecule is CCCNc1ccc(C(=O)NC2CCC(=O)NC2)c(C)c1. The highest BCUT2D eigenvalue weighted by Gasteiger charge is 2.20. The van der Waals surface area contributed by atoms with E-state index >= 15 is 0 Å². The van der Waals surface area contributed by atoms with Crippen LogP contribution in [0.2, 0.25) is 0 Å². The van der Waals surface area contributed by atoms with Crippen molar-refractivity contribution < 1.29 is 9.59 Å². The number of aryl methyl sites for hydroxylation is 1. The van der Waals surface area contributed by atoms with E-state index in [1.807, 2.05) is 25.1 Å². The number of nitrogens with one attached hydrogen (secondary N) is 3. The van der Waals surface area contributed by atoms with Crippen LogP contribution in [0.15, 0.2) is 18.2 Å². The van der Waals surface area contributed by atoms with Gasteiger partial charge in [-0.1, -0.05) is 6.92 Å². The summed E-state index contributed by atoms with van der Waals surface area (Å²) in [5.41, 5.74) is 2.68. The van der Waals surface area contributed by atoms with Gasteiger partial charge in [0.25, 0.3) is 5.91 Å². The van der Waals surface area contributed by atoms with Crippen LogP contribution in [0.3, 0.4) is 0 Å². The monoisotopic (exact) mass is 289 g/mol. The summed E-state index contributed by atoms with van der Waals surface area (Å²) < 4.78 is 0. The Balaban J connectivity index is 1.97. The number of carbonyl (C=O) groups is 2. The third-order valence-corrected chi connectivity index (χ3v) is 3.65. The van der Waals surface area contributed by atoms with E-state index in [0.29, 0.717) is 24.9 Å². The molecule has 1 aliphatic heterocycles. The number of benzene rings is 1. The average molecular weight is 289 g/mol. The summed E-state index contributed by atoms with van der Waals surface area (Å²) in [6, 6.07) is 5.80. The Labute approximate surface area is 125 Å². The Morgan fingerprint density at radius 1 is 1.43 bits per heavy atom. The maximum atomic E-state index is 12.3. The van der Waals surface area contributed by atoms with Crippen LogP contribution >= 0.6 is 0 Å². The van der Waals surface area contributed by atoms with Crippen molar-refractivity contribution in [1.29, 1.82) is 0 Å². The molecular formula is C16H23N3O2. The molecule has 1 heterocycles. The molecule has 0 saturated carbocycles. The molecule has 1 atom stereocenters. The van der Waals surface area contributed by atoms with Gasteiger partial charge in [-0.2, -0.15) is 0 Å². The van der Waals surface area contributed by atoms with Crippen molar-refractivity contribution in [3.8, 4) is 0 Å². The lowest BCUT2D eigenvalue weighted by molar-refractivity contribution is -0.122. The minimum Gasteiger partial charge on any atom is -0.385 e. The van der Waals surface area contributed by atoms with Gasteiger partial charge in [-0.05, 0) is 43.5 Å². The Morgan fingerprint density at radius 3 is 2.86 bits per heavy atom. The van der Waals surface area contributed by atoms with Gasteiger partial charge in [0.1, 0.15) is 0 Å². The molecule has 1 unspecified atom stereocenters. The van der Waals surface area contributed by atoms with E-state index in [-0.39, 0.29) is 17.9 Å². The minimum absolute atomic E-state index is 0.0208. The largest absolute Gasteiger partial charge is 0.385 e. The molecule has 0 aromatic heterocycles. The summed E-state index contributed by atoms with van der Waals surface area (Å²) in [6.45, 7) is 5.49. The van der Waals surface area contributed by atoms with Gasteiger partial charge in [0.05, 0.1) is 0 Å². The minimum atomic E-state index is -0.0734. The number of hydrogen-bond donors (Lipinski definition) is 3. The summed E-state index contributed by atoms with van der Waals surface area (Å²) in [7, 11) is 0. The van der Waals surface area contributed by atoms with Crippen molar-refractivity contribution in [2.24, 2.45) is 0 Å². The van der Waals surface area contributed by atoms with Crippen LogP contribution in [0, 0.1) is 6.92 Å². The number of piperidine rings is 1. The molecule has 0 spiro atoms. The third kappa shape index (κ3) is 4.21. The normalized spacial score (nSPS) is 18.0. The molecule has 21 heavy (non-hydrogen) atoms. The van der Waals surface area contributed by atoms with Crippen molar-refractivity contribution >= 4 is 17.5 Å². The molecule has 2 amide bonds. The van der Waals surface area contributed by atoms with Gasteiger partial charge in [-0.15, -0.1) is 0 Å². The highest BCUT2D eigenvalue weighted by atomic mass is 16.2. The predicted molar refractivity (Wildman–Crippen MR) is 83.5 cm³/mol. The summed E-state index contributed by atoms with van der Waals surface area (Å²) in [4.78, 5) is 23.4. The van der Waals surface area contributed by atoms with Crippen molar-refractivity contribution in [2.45, 2.75) is 39.2 Å². The van der Waals surface area contributed by atoms with Crippen LogP contribution in [0.25, 0.3) is 0 Å². The molecular weight excluding hydrogens is 266 g/mol. The Bertz CT molecular complexity index is 518. The number of carbonyl (C=O) groups excluding carboxylic acids is 2. The van der Waals surface area contributed by atoms with Crippen molar-refractivity contribution in [3.63, 3.8) is 0 Å². The summed E-state index contributed by atoms with van der Waals surface area (Å²) in [5, 5.41) is 9.07. The third-order valence-electron chi connectivity index (χ3n) is 3.65. The van der Waals surface area contributed by atoms with E-state index in [1.54, 1.807) is 0 Å². The second-order valence-corrected chi connectivity index (χ2v) is 5.47. The highest BCUT2D eigenvalue weighted by Crippen LogP contribution is 2.16. The lowest BCUT2D eigenvalue weighted by Gasteiger charge is -2.23. The molecule has 1 fully saturated rings. The van der Waals surface area contributed by atoms with Crippen LogP contribution in [0.4, 0.5) is 5.69 Å². The molecule has 2 rings (SSSR count). The van der Waals surface area contributed by atoms with Crippen LogP contribution in [0.1, 0.15) is 42.1 Å². The summed E-state index contributed by atoms with van der Waals surface area (Å²) >= 11 is 0. The van der Waals surface area contributed by atoms with Gasteiger partial charge in [0.15, 0.2) is 0 Å². The predicted octanol–water partition coefficient (Wildman–Crippen LogP) is 1.83. The zero-order valence-electron chi connectivity index (χ0n) is 12.7. The molecule has 0 radical (unpaired) electrons. The highest BCUT2D eigenvalue weighted by molar-refractivity contribution is 5.96. The van der Waals surface area contributed by atoms with Crippen molar-refractivity contribution in [1.82, 2.24) is 10.6 Å². The van der Waals surface area contributed by atoms with Gasteiger partial charge < -0.3 is 16.0 Å². The molecule has 5 heteroatoms. The molecule has 5 nitrogen and oxygen atoms in total. The fraction of sp³-hybridized carbons (Fsp3) is 0.500. The van der Waals surface area contributed by atoms with Crippen molar-refractivity contribution in [3.05, 3.63) is 29.3 Å². The van der Waals surface area contributed by atoms with Crippen molar-refractivity contribution in [2.75, 3.05) is 18.4 Å². The van der Waals surface area contributed by atoms with E-state index in [2.05, 4.69) is 22.9 Å². The Hall–Kier alpha value is -2.04. The van der Waals surface area contributed by atoms with E-state index in [1.165, 1.54) is 0 Å². The molecule has 0 bridgehead atoms. The zero-order chi connectivity index (χ0) is 15.2. The first-order valence-corrected chi connectivity index (χ1v) is 7.52. The summed E-state index contributed by atoms with van der Waals surface area (Å²) in [5.74, 6) is -0.0151. The molecule has 3 N–H and O–H groups in total. The van der Waals surface area contributed by atoms with Crippen LogP contribution in [0.5, 0.6) is 0 Å². The van der Waals surface area contributed by atoms with E-state index in [0.717, 1.165) is 24.2 Å². The smallest absolute Gasteiger partial charge is 0.251 e. The fourth-order valence-electron chi connectivity index (χ4n) is 2.42. The van der Waals surface area contributed by atoms with Gasteiger partial charge in [-0.25, -0.2) is 0 Å². The second kappa shape index (κ2) is 7.11. The maximum Gasteiger partial charge on any atom is 0.251 e. The zero-order valence-corrected chi connectivity index (χ0v) is 12.7. The quantitative estimate of drug-likeness (QED) is 0.774.